The normalized spacial score (nSPS) is 13.9. The molecule has 0 aliphatic carbocycles. The second-order valence-corrected chi connectivity index (χ2v) is 5.01. The van der Waals surface area contributed by atoms with E-state index in [2.05, 4.69) is 39.1 Å². The number of nitrogens with one attached hydrogen (secondary N) is 1. The van der Waals surface area contributed by atoms with E-state index in [4.69, 9.17) is 9.47 Å². The number of benzene rings is 1. The van der Waals surface area contributed by atoms with Crippen molar-refractivity contribution in [3.63, 3.8) is 0 Å². The molecule has 0 unspecified atom stereocenters. The van der Waals surface area contributed by atoms with Gasteiger partial charge in [0, 0.05) is 12.6 Å². The van der Waals surface area contributed by atoms with Crippen LogP contribution < -0.4 is 14.8 Å². The van der Waals surface area contributed by atoms with Gasteiger partial charge in [0.1, 0.15) is 0 Å². The fourth-order valence-corrected chi connectivity index (χ4v) is 1.66. The topological polar surface area (TPSA) is 30.5 Å². The molecule has 3 nitrogen and oxygen atoms in total. The molecule has 19 heavy (non-hydrogen) atoms. The zero-order valence-electron chi connectivity index (χ0n) is 12.8. The molecule has 1 aromatic rings. The standard InChI is InChI=1S/C16H27NO2/c1-6-12(3)17-11-14-8-9-15(16(10-14)18-5)19-13(4)7-2/h8-10,12-13,17H,6-7,11H2,1-5H3/t12-,13+/m0/s1. The quantitative estimate of drug-likeness (QED) is 0.776. The van der Waals surface area contributed by atoms with E-state index < -0.39 is 0 Å². The molecular weight excluding hydrogens is 238 g/mol. The zero-order valence-corrected chi connectivity index (χ0v) is 12.8. The summed E-state index contributed by atoms with van der Waals surface area (Å²) >= 11 is 0. The van der Waals surface area contributed by atoms with Gasteiger partial charge in [-0.05, 0) is 44.4 Å². The lowest BCUT2D eigenvalue weighted by atomic mass is 10.1. The lowest BCUT2D eigenvalue weighted by Crippen LogP contribution is -2.24. The highest BCUT2D eigenvalue weighted by Gasteiger charge is 2.09. The summed E-state index contributed by atoms with van der Waals surface area (Å²) in [4.78, 5) is 0. The van der Waals surface area contributed by atoms with Gasteiger partial charge in [-0.25, -0.2) is 0 Å². The smallest absolute Gasteiger partial charge is 0.161 e. The van der Waals surface area contributed by atoms with Gasteiger partial charge >= 0.3 is 0 Å². The maximum absolute atomic E-state index is 5.84. The second-order valence-electron chi connectivity index (χ2n) is 5.01. The Balaban J connectivity index is 2.72. The van der Waals surface area contributed by atoms with Crippen molar-refractivity contribution in [1.29, 1.82) is 0 Å². The molecule has 0 bridgehead atoms. The first-order valence-electron chi connectivity index (χ1n) is 7.17. The molecule has 0 fully saturated rings. The maximum atomic E-state index is 5.84. The largest absolute Gasteiger partial charge is 0.493 e. The molecule has 1 rings (SSSR count). The maximum Gasteiger partial charge on any atom is 0.161 e. The Morgan fingerprint density at radius 1 is 1.11 bits per heavy atom. The van der Waals surface area contributed by atoms with Crippen molar-refractivity contribution in [2.75, 3.05) is 7.11 Å². The molecule has 0 saturated carbocycles. The summed E-state index contributed by atoms with van der Waals surface area (Å²) in [5, 5.41) is 3.47. The predicted octanol–water partition coefficient (Wildman–Crippen LogP) is 3.76. The Morgan fingerprint density at radius 3 is 2.42 bits per heavy atom. The Kier molecular flexibility index (Phi) is 6.71. The highest BCUT2D eigenvalue weighted by molar-refractivity contribution is 5.43. The summed E-state index contributed by atoms with van der Waals surface area (Å²) in [7, 11) is 1.69. The minimum atomic E-state index is 0.206. The third-order valence-electron chi connectivity index (χ3n) is 3.40. The van der Waals surface area contributed by atoms with Gasteiger partial charge in [-0.2, -0.15) is 0 Å². The number of hydrogen-bond acceptors (Lipinski definition) is 3. The summed E-state index contributed by atoms with van der Waals surface area (Å²) in [5.41, 5.74) is 1.22. The average molecular weight is 265 g/mol. The van der Waals surface area contributed by atoms with Crippen LogP contribution in [-0.4, -0.2) is 19.3 Å². The van der Waals surface area contributed by atoms with E-state index in [1.165, 1.54) is 5.56 Å². The van der Waals surface area contributed by atoms with Gasteiger partial charge in [-0.3, -0.25) is 0 Å². The van der Waals surface area contributed by atoms with Gasteiger partial charge in [0.05, 0.1) is 13.2 Å². The van der Waals surface area contributed by atoms with Crippen molar-refractivity contribution in [2.24, 2.45) is 0 Å². The Bertz CT molecular complexity index is 379. The number of hydrogen-bond donors (Lipinski definition) is 1. The van der Waals surface area contributed by atoms with Crippen molar-refractivity contribution in [1.82, 2.24) is 5.32 Å². The van der Waals surface area contributed by atoms with E-state index in [1.807, 2.05) is 12.1 Å². The lowest BCUT2D eigenvalue weighted by molar-refractivity contribution is 0.207. The van der Waals surface area contributed by atoms with E-state index in [-0.39, 0.29) is 6.10 Å². The van der Waals surface area contributed by atoms with Crippen LogP contribution in [0.1, 0.15) is 46.1 Å². The minimum Gasteiger partial charge on any atom is -0.493 e. The summed E-state index contributed by atoms with van der Waals surface area (Å²) in [5.74, 6) is 1.63. The van der Waals surface area contributed by atoms with Gasteiger partial charge in [0.15, 0.2) is 11.5 Å². The fraction of sp³-hybridized carbons (Fsp3) is 0.625. The van der Waals surface area contributed by atoms with Crippen molar-refractivity contribution in [3.05, 3.63) is 23.8 Å². The molecule has 0 spiro atoms. The van der Waals surface area contributed by atoms with Gasteiger partial charge in [0.2, 0.25) is 0 Å². The summed E-state index contributed by atoms with van der Waals surface area (Å²) < 4.78 is 11.3. The minimum absolute atomic E-state index is 0.206. The Morgan fingerprint density at radius 2 is 1.84 bits per heavy atom. The van der Waals surface area contributed by atoms with Gasteiger partial charge in [-0.15, -0.1) is 0 Å². The highest BCUT2D eigenvalue weighted by Crippen LogP contribution is 2.29. The fourth-order valence-electron chi connectivity index (χ4n) is 1.66. The summed E-state index contributed by atoms with van der Waals surface area (Å²) in [6, 6.07) is 6.67. The number of rotatable bonds is 8. The van der Waals surface area contributed by atoms with Crippen LogP contribution >= 0.6 is 0 Å². The first-order valence-corrected chi connectivity index (χ1v) is 7.17. The second kappa shape index (κ2) is 8.05. The van der Waals surface area contributed by atoms with Gasteiger partial charge in [0.25, 0.3) is 0 Å². The van der Waals surface area contributed by atoms with Crippen molar-refractivity contribution in [2.45, 2.75) is 59.2 Å². The monoisotopic (exact) mass is 265 g/mol. The number of methoxy groups -OCH3 is 1. The van der Waals surface area contributed by atoms with Crippen LogP contribution in [0.25, 0.3) is 0 Å². The molecular formula is C16H27NO2. The van der Waals surface area contributed by atoms with Crippen LogP contribution in [0.2, 0.25) is 0 Å². The van der Waals surface area contributed by atoms with Crippen LogP contribution in [-0.2, 0) is 6.54 Å². The third-order valence-corrected chi connectivity index (χ3v) is 3.40. The van der Waals surface area contributed by atoms with E-state index in [9.17, 15) is 0 Å². The molecule has 0 aromatic heterocycles. The van der Waals surface area contributed by atoms with Crippen LogP contribution in [0.4, 0.5) is 0 Å². The van der Waals surface area contributed by atoms with E-state index in [0.29, 0.717) is 6.04 Å². The third kappa shape index (κ3) is 5.11. The van der Waals surface area contributed by atoms with Crippen molar-refractivity contribution in [3.8, 4) is 11.5 Å². The number of ether oxygens (including phenoxy) is 2. The highest BCUT2D eigenvalue weighted by atomic mass is 16.5. The predicted molar refractivity (Wildman–Crippen MR) is 80.0 cm³/mol. The molecule has 0 saturated heterocycles. The molecule has 108 valence electrons. The van der Waals surface area contributed by atoms with Crippen molar-refractivity contribution < 1.29 is 9.47 Å². The Labute approximate surface area is 117 Å². The van der Waals surface area contributed by atoms with Crippen LogP contribution in [0.5, 0.6) is 11.5 Å². The van der Waals surface area contributed by atoms with Crippen LogP contribution in [0.3, 0.4) is 0 Å². The zero-order chi connectivity index (χ0) is 14.3. The summed E-state index contributed by atoms with van der Waals surface area (Å²) in [6.45, 7) is 9.41. The van der Waals surface area contributed by atoms with Crippen molar-refractivity contribution >= 4 is 0 Å². The molecule has 0 aliphatic heterocycles. The molecule has 1 aromatic carbocycles. The first-order chi connectivity index (χ1) is 9.10. The molecule has 0 aliphatic rings. The van der Waals surface area contributed by atoms with E-state index in [1.54, 1.807) is 7.11 Å². The molecule has 0 heterocycles. The molecule has 0 radical (unpaired) electrons. The molecule has 2 atom stereocenters. The van der Waals surface area contributed by atoms with Crippen LogP contribution in [0, 0.1) is 0 Å². The molecule has 3 heteroatoms. The van der Waals surface area contributed by atoms with E-state index >= 15 is 0 Å². The van der Waals surface area contributed by atoms with Gasteiger partial charge < -0.3 is 14.8 Å². The first kappa shape index (κ1) is 15.8. The Hall–Kier alpha value is -1.22. The summed E-state index contributed by atoms with van der Waals surface area (Å²) in [6.07, 6.45) is 2.32. The molecule has 1 N–H and O–H groups in total. The lowest BCUT2D eigenvalue weighted by Gasteiger charge is -2.17. The van der Waals surface area contributed by atoms with Crippen LogP contribution in [0.15, 0.2) is 18.2 Å². The molecule has 0 amide bonds. The van der Waals surface area contributed by atoms with E-state index in [0.717, 1.165) is 30.9 Å². The SMILES string of the molecule is CC[C@@H](C)Oc1ccc(CN[C@@H](C)CC)cc1OC. The van der Waals surface area contributed by atoms with Gasteiger partial charge in [-0.1, -0.05) is 19.9 Å². The average Bonchev–Trinajstić information content (AvgIpc) is 2.45.